The Kier molecular flexibility index (Phi) is 3.24. The van der Waals surface area contributed by atoms with E-state index in [9.17, 15) is 0 Å². The van der Waals surface area contributed by atoms with Crippen LogP contribution in [-0.4, -0.2) is 4.98 Å². The van der Waals surface area contributed by atoms with E-state index >= 15 is 0 Å². The van der Waals surface area contributed by atoms with Crippen molar-refractivity contribution in [3.63, 3.8) is 0 Å². The molecule has 0 aliphatic heterocycles. The van der Waals surface area contributed by atoms with E-state index in [2.05, 4.69) is 74.7 Å². The summed E-state index contributed by atoms with van der Waals surface area (Å²) in [5.74, 6) is 0. The number of thiophene rings is 1. The quantitative estimate of drug-likeness (QED) is 0.395. The third-order valence-corrected chi connectivity index (χ3v) is 5.23. The highest BCUT2D eigenvalue weighted by Crippen LogP contribution is 2.38. The van der Waals surface area contributed by atoms with Crippen LogP contribution in [0.1, 0.15) is 26.3 Å². The van der Waals surface area contributed by atoms with Crippen LogP contribution in [0.15, 0.2) is 60.1 Å². The van der Waals surface area contributed by atoms with E-state index in [0.717, 1.165) is 5.69 Å². The van der Waals surface area contributed by atoms with Crippen LogP contribution in [0, 0.1) is 0 Å². The van der Waals surface area contributed by atoms with E-state index in [1.165, 1.54) is 32.0 Å². The molecule has 0 aliphatic carbocycles. The van der Waals surface area contributed by atoms with Gasteiger partial charge < -0.3 is 0 Å². The van der Waals surface area contributed by atoms with Gasteiger partial charge in [-0.2, -0.15) is 0 Å². The number of aromatic nitrogens is 1. The van der Waals surface area contributed by atoms with Crippen LogP contribution < -0.4 is 0 Å². The number of benzene rings is 2. The lowest BCUT2D eigenvalue weighted by molar-refractivity contribution is 0.592. The van der Waals surface area contributed by atoms with Crippen molar-refractivity contribution in [1.82, 2.24) is 4.98 Å². The summed E-state index contributed by atoms with van der Waals surface area (Å²) in [4.78, 5) is 4.79. The van der Waals surface area contributed by atoms with Crippen molar-refractivity contribution in [1.29, 1.82) is 0 Å². The molecule has 2 aromatic carbocycles. The molecule has 0 saturated heterocycles. The molecule has 0 unspecified atom stereocenters. The van der Waals surface area contributed by atoms with Gasteiger partial charge in [-0.1, -0.05) is 51.1 Å². The summed E-state index contributed by atoms with van der Waals surface area (Å²) in [6.45, 7) is 6.78. The first-order chi connectivity index (χ1) is 11.1. The second kappa shape index (κ2) is 5.17. The molecule has 0 radical (unpaired) electrons. The van der Waals surface area contributed by atoms with E-state index in [0.29, 0.717) is 0 Å². The summed E-state index contributed by atoms with van der Waals surface area (Å²) in [6.07, 6.45) is 1.93. The summed E-state index contributed by atoms with van der Waals surface area (Å²) in [5, 5.41) is 5.99. The van der Waals surface area contributed by atoms with Gasteiger partial charge in [0.1, 0.15) is 0 Å². The summed E-state index contributed by atoms with van der Waals surface area (Å²) in [6, 6.07) is 17.4. The maximum atomic E-state index is 4.79. The smallest absolute Gasteiger partial charge is 0.0789 e. The van der Waals surface area contributed by atoms with Crippen LogP contribution in [0.2, 0.25) is 0 Å². The van der Waals surface area contributed by atoms with Crippen LogP contribution in [-0.2, 0) is 5.41 Å². The molecule has 0 spiro atoms. The van der Waals surface area contributed by atoms with Gasteiger partial charge in [0, 0.05) is 27.2 Å². The number of pyridine rings is 1. The molecule has 0 fully saturated rings. The second-order valence-electron chi connectivity index (χ2n) is 6.95. The molecule has 0 atom stereocenters. The molecule has 23 heavy (non-hydrogen) atoms. The minimum atomic E-state index is 0.0863. The summed E-state index contributed by atoms with van der Waals surface area (Å²) in [7, 11) is 0. The number of rotatable bonds is 1. The molecule has 0 N–H and O–H groups in total. The Morgan fingerprint density at radius 1 is 0.913 bits per heavy atom. The van der Waals surface area contributed by atoms with Crippen molar-refractivity contribution in [3.05, 3.63) is 65.7 Å². The fourth-order valence-corrected chi connectivity index (χ4v) is 4.06. The Labute approximate surface area is 140 Å². The van der Waals surface area contributed by atoms with Gasteiger partial charge in [-0.25, -0.2) is 0 Å². The first kappa shape index (κ1) is 14.4. The highest BCUT2D eigenvalue weighted by atomic mass is 32.1. The van der Waals surface area contributed by atoms with Crippen molar-refractivity contribution in [2.45, 2.75) is 26.2 Å². The minimum absolute atomic E-state index is 0.0863. The molecule has 2 aromatic heterocycles. The molecule has 114 valence electrons. The first-order valence-electron chi connectivity index (χ1n) is 7.90. The topological polar surface area (TPSA) is 12.9 Å². The Morgan fingerprint density at radius 3 is 2.57 bits per heavy atom. The Balaban J connectivity index is 2.14. The summed E-state index contributed by atoms with van der Waals surface area (Å²) < 4.78 is 1.32. The fraction of sp³-hybridized carbons (Fsp3) is 0.190. The van der Waals surface area contributed by atoms with E-state index in [1.54, 1.807) is 11.3 Å². The number of hydrogen-bond donors (Lipinski definition) is 0. The zero-order valence-corrected chi connectivity index (χ0v) is 14.4. The highest BCUT2D eigenvalue weighted by Gasteiger charge is 2.20. The van der Waals surface area contributed by atoms with Crippen LogP contribution in [0.5, 0.6) is 0 Å². The van der Waals surface area contributed by atoms with E-state index in [-0.39, 0.29) is 5.41 Å². The van der Waals surface area contributed by atoms with Crippen molar-refractivity contribution in [2.75, 3.05) is 0 Å². The standard InChI is InChI=1S/C21H19NS/c1-21(2,3)17-7-5-4-6-15(17)20-19-14(10-12-22-20)8-9-18-16(19)11-13-23-18/h4-13H,1-3H3. The lowest BCUT2D eigenvalue weighted by Crippen LogP contribution is -2.12. The molecule has 4 aromatic rings. The van der Waals surface area contributed by atoms with Gasteiger partial charge in [0.15, 0.2) is 0 Å². The SMILES string of the molecule is CC(C)(C)c1ccccc1-c1nccc2ccc3sccc3c12. The van der Waals surface area contributed by atoms with E-state index in [1.807, 2.05) is 6.20 Å². The predicted molar refractivity (Wildman–Crippen MR) is 101 cm³/mol. The molecule has 1 nitrogen and oxygen atoms in total. The van der Waals surface area contributed by atoms with Crippen molar-refractivity contribution >= 4 is 32.2 Å². The zero-order chi connectivity index (χ0) is 16.0. The van der Waals surface area contributed by atoms with Crippen LogP contribution >= 0.6 is 11.3 Å². The average Bonchev–Trinajstić information content (AvgIpc) is 3.02. The number of hydrogen-bond acceptors (Lipinski definition) is 2. The highest BCUT2D eigenvalue weighted by molar-refractivity contribution is 7.17. The van der Waals surface area contributed by atoms with Gasteiger partial charge in [-0.15, -0.1) is 11.3 Å². The van der Waals surface area contributed by atoms with Gasteiger partial charge in [-0.05, 0) is 39.9 Å². The van der Waals surface area contributed by atoms with Gasteiger partial charge in [-0.3, -0.25) is 4.98 Å². The Hall–Kier alpha value is -2.19. The predicted octanol–water partition coefficient (Wildman–Crippen LogP) is 6.41. The molecule has 0 bridgehead atoms. The van der Waals surface area contributed by atoms with Gasteiger partial charge in [0.2, 0.25) is 0 Å². The molecular weight excluding hydrogens is 298 g/mol. The maximum absolute atomic E-state index is 4.79. The van der Waals surface area contributed by atoms with Crippen molar-refractivity contribution in [3.8, 4) is 11.3 Å². The normalized spacial score (nSPS) is 12.1. The van der Waals surface area contributed by atoms with Gasteiger partial charge in [0.25, 0.3) is 0 Å². The molecule has 0 aliphatic rings. The van der Waals surface area contributed by atoms with Gasteiger partial charge >= 0.3 is 0 Å². The number of fused-ring (bicyclic) bond motifs is 3. The lowest BCUT2D eigenvalue weighted by Gasteiger charge is -2.23. The molecule has 0 amide bonds. The molecule has 0 saturated carbocycles. The van der Waals surface area contributed by atoms with Gasteiger partial charge in [0.05, 0.1) is 5.69 Å². The fourth-order valence-electron chi connectivity index (χ4n) is 3.27. The average molecular weight is 317 g/mol. The van der Waals surface area contributed by atoms with Crippen LogP contribution in [0.3, 0.4) is 0 Å². The van der Waals surface area contributed by atoms with E-state index < -0.39 is 0 Å². The van der Waals surface area contributed by atoms with Crippen molar-refractivity contribution < 1.29 is 0 Å². The molecule has 4 rings (SSSR count). The molecule has 2 heterocycles. The summed E-state index contributed by atoms with van der Waals surface area (Å²) in [5.41, 5.74) is 3.76. The lowest BCUT2D eigenvalue weighted by atomic mass is 9.82. The Morgan fingerprint density at radius 2 is 1.74 bits per heavy atom. The van der Waals surface area contributed by atoms with Crippen LogP contribution in [0.4, 0.5) is 0 Å². The maximum Gasteiger partial charge on any atom is 0.0789 e. The van der Waals surface area contributed by atoms with Crippen LogP contribution in [0.25, 0.3) is 32.1 Å². The summed E-state index contributed by atoms with van der Waals surface area (Å²) >= 11 is 1.79. The number of nitrogens with zero attached hydrogens (tertiary/aromatic N) is 1. The van der Waals surface area contributed by atoms with E-state index in [4.69, 9.17) is 4.98 Å². The third-order valence-electron chi connectivity index (χ3n) is 4.35. The largest absolute Gasteiger partial charge is 0.256 e. The second-order valence-corrected chi connectivity index (χ2v) is 7.90. The van der Waals surface area contributed by atoms with Crippen molar-refractivity contribution in [2.24, 2.45) is 0 Å². The minimum Gasteiger partial charge on any atom is -0.256 e. The zero-order valence-electron chi connectivity index (χ0n) is 13.6. The monoisotopic (exact) mass is 317 g/mol. The Bertz CT molecular complexity index is 1010. The first-order valence-corrected chi connectivity index (χ1v) is 8.78. The molecular formula is C21H19NS. The third kappa shape index (κ3) is 2.34. The molecule has 2 heteroatoms.